The summed E-state index contributed by atoms with van der Waals surface area (Å²) < 4.78 is 9.72. The number of carbonyl (C=O) groups excluding carboxylic acids is 1. The second-order valence-electron chi connectivity index (χ2n) is 4.39. The minimum atomic E-state index is -1.91. The van der Waals surface area contributed by atoms with Gasteiger partial charge in [-0.25, -0.2) is 0 Å². The Bertz CT molecular complexity index is 375. The SMILES string of the molecule is COC(=O)CCCC(O)(O)COCc1ccccc1. The highest BCUT2D eigenvalue weighted by molar-refractivity contribution is 5.68. The summed E-state index contributed by atoms with van der Waals surface area (Å²) in [6.45, 7) is 0.129. The van der Waals surface area contributed by atoms with Crippen molar-refractivity contribution in [2.45, 2.75) is 31.7 Å². The van der Waals surface area contributed by atoms with Gasteiger partial charge in [0.2, 0.25) is 0 Å². The first-order valence-corrected chi connectivity index (χ1v) is 6.17. The van der Waals surface area contributed by atoms with Gasteiger partial charge in [0.05, 0.1) is 13.7 Å². The fourth-order valence-electron chi connectivity index (χ4n) is 1.60. The van der Waals surface area contributed by atoms with E-state index in [1.54, 1.807) is 0 Å². The van der Waals surface area contributed by atoms with Crippen molar-refractivity contribution in [3.05, 3.63) is 35.9 Å². The van der Waals surface area contributed by atoms with E-state index in [9.17, 15) is 15.0 Å². The van der Waals surface area contributed by atoms with Gasteiger partial charge < -0.3 is 19.7 Å². The predicted octanol–water partition coefficient (Wildman–Crippen LogP) is 1.23. The highest BCUT2D eigenvalue weighted by Gasteiger charge is 2.23. The van der Waals surface area contributed by atoms with Gasteiger partial charge in [-0.3, -0.25) is 4.79 Å². The molecule has 0 amide bonds. The standard InChI is InChI=1S/C14H20O5/c1-18-13(15)8-5-9-14(16,17)11-19-10-12-6-3-2-4-7-12/h2-4,6-7,16-17H,5,8-11H2,1H3. The Morgan fingerprint density at radius 2 is 1.95 bits per heavy atom. The van der Waals surface area contributed by atoms with E-state index < -0.39 is 5.79 Å². The number of ether oxygens (including phenoxy) is 2. The molecule has 1 aromatic rings. The summed E-state index contributed by atoms with van der Waals surface area (Å²) in [5.74, 6) is -2.27. The van der Waals surface area contributed by atoms with Crippen LogP contribution in [-0.2, 0) is 20.9 Å². The summed E-state index contributed by atoms with van der Waals surface area (Å²) in [4.78, 5) is 10.9. The minimum absolute atomic E-state index is 0.0664. The molecule has 0 aromatic heterocycles. The third-order valence-corrected chi connectivity index (χ3v) is 2.63. The molecule has 0 saturated heterocycles. The molecule has 0 fully saturated rings. The highest BCUT2D eigenvalue weighted by Crippen LogP contribution is 2.13. The summed E-state index contributed by atoms with van der Waals surface area (Å²) in [5, 5.41) is 19.3. The Kier molecular flexibility index (Phi) is 6.49. The van der Waals surface area contributed by atoms with Crippen molar-refractivity contribution in [2.75, 3.05) is 13.7 Å². The maximum Gasteiger partial charge on any atom is 0.305 e. The normalized spacial score (nSPS) is 11.3. The Hall–Kier alpha value is -1.43. The van der Waals surface area contributed by atoms with Crippen molar-refractivity contribution in [3.63, 3.8) is 0 Å². The fourth-order valence-corrected chi connectivity index (χ4v) is 1.60. The summed E-state index contributed by atoms with van der Waals surface area (Å²) in [5.41, 5.74) is 0.966. The van der Waals surface area contributed by atoms with Crippen molar-refractivity contribution in [2.24, 2.45) is 0 Å². The number of hydrogen-bond acceptors (Lipinski definition) is 5. The predicted molar refractivity (Wildman–Crippen MR) is 69.1 cm³/mol. The summed E-state index contributed by atoms with van der Waals surface area (Å²) >= 11 is 0. The first-order chi connectivity index (χ1) is 9.03. The maximum atomic E-state index is 10.9. The summed E-state index contributed by atoms with van der Waals surface area (Å²) in [6.07, 6.45) is 0.573. The molecule has 0 aliphatic rings. The molecule has 5 nitrogen and oxygen atoms in total. The number of esters is 1. The third kappa shape index (κ3) is 6.91. The Balaban J connectivity index is 2.21. The Labute approximate surface area is 112 Å². The second kappa shape index (κ2) is 7.89. The van der Waals surface area contributed by atoms with Gasteiger partial charge in [0.1, 0.15) is 6.61 Å². The van der Waals surface area contributed by atoms with E-state index in [2.05, 4.69) is 4.74 Å². The van der Waals surface area contributed by atoms with Crippen LogP contribution in [0.4, 0.5) is 0 Å². The number of carbonyl (C=O) groups is 1. The maximum absolute atomic E-state index is 10.9. The molecule has 5 heteroatoms. The molecular weight excluding hydrogens is 248 g/mol. The lowest BCUT2D eigenvalue weighted by Crippen LogP contribution is -2.34. The van der Waals surface area contributed by atoms with Crippen LogP contribution in [0.1, 0.15) is 24.8 Å². The number of benzene rings is 1. The van der Waals surface area contributed by atoms with Crippen molar-refractivity contribution < 1.29 is 24.5 Å². The van der Waals surface area contributed by atoms with Crippen molar-refractivity contribution in [1.82, 2.24) is 0 Å². The molecule has 1 rings (SSSR count). The summed E-state index contributed by atoms with van der Waals surface area (Å²) in [7, 11) is 1.30. The third-order valence-electron chi connectivity index (χ3n) is 2.63. The van der Waals surface area contributed by atoms with Crippen LogP contribution in [0.5, 0.6) is 0 Å². The first kappa shape index (κ1) is 15.6. The van der Waals surface area contributed by atoms with E-state index >= 15 is 0 Å². The largest absolute Gasteiger partial charge is 0.469 e. The van der Waals surface area contributed by atoms with Crippen LogP contribution in [0.15, 0.2) is 30.3 Å². The fraction of sp³-hybridized carbons (Fsp3) is 0.500. The lowest BCUT2D eigenvalue weighted by molar-refractivity contribution is -0.204. The molecule has 0 unspecified atom stereocenters. The zero-order valence-electron chi connectivity index (χ0n) is 11.0. The molecule has 106 valence electrons. The summed E-state index contributed by atoms with van der Waals surface area (Å²) in [6, 6.07) is 9.47. The molecule has 0 saturated carbocycles. The Morgan fingerprint density at radius 3 is 2.58 bits per heavy atom. The number of methoxy groups -OCH3 is 1. The molecule has 0 spiro atoms. The lowest BCUT2D eigenvalue weighted by Gasteiger charge is -2.21. The van der Waals surface area contributed by atoms with Gasteiger partial charge >= 0.3 is 5.97 Å². The van der Waals surface area contributed by atoms with Crippen LogP contribution in [0, 0.1) is 0 Å². The molecule has 0 atom stereocenters. The zero-order valence-corrected chi connectivity index (χ0v) is 11.0. The quantitative estimate of drug-likeness (QED) is 0.548. The van der Waals surface area contributed by atoms with E-state index in [0.717, 1.165) is 5.56 Å². The molecular formula is C14H20O5. The molecule has 0 heterocycles. The molecule has 1 aromatic carbocycles. The van der Waals surface area contributed by atoms with Gasteiger partial charge in [0, 0.05) is 12.8 Å². The van der Waals surface area contributed by atoms with Gasteiger partial charge in [0.15, 0.2) is 5.79 Å². The number of rotatable bonds is 8. The van der Waals surface area contributed by atoms with E-state index in [0.29, 0.717) is 13.0 Å². The minimum Gasteiger partial charge on any atom is -0.469 e. The average molecular weight is 268 g/mol. The van der Waals surface area contributed by atoms with Crippen LogP contribution in [0.2, 0.25) is 0 Å². The lowest BCUT2D eigenvalue weighted by atomic mass is 10.1. The molecule has 2 N–H and O–H groups in total. The van der Waals surface area contributed by atoms with E-state index in [-0.39, 0.29) is 25.4 Å². The number of aliphatic hydroxyl groups is 2. The van der Waals surface area contributed by atoms with Crippen LogP contribution in [0.25, 0.3) is 0 Å². The molecule has 19 heavy (non-hydrogen) atoms. The van der Waals surface area contributed by atoms with E-state index in [1.165, 1.54) is 7.11 Å². The second-order valence-corrected chi connectivity index (χ2v) is 4.39. The highest BCUT2D eigenvalue weighted by atomic mass is 16.6. The van der Waals surface area contributed by atoms with Crippen LogP contribution in [-0.4, -0.2) is 35.7 Å². The Morgan fingerprint density at radius 1 is 1.26 bits per heavy atom. The van der Waals surface area contributed by atoms with Crippen LogP contribution in [0.3, 0.4) is 0 Å². The van der Waals surface area contributed by atoms with Gasteiger partial charge in [-0.1, -0.05) is 30.3 Å². The van der Waals surface area contributed by atoms with Gasteiger partial charge in [-0.15, -0.1) is 0 Å². The topological polar surface area (TPSA) is 76.0 Å². The smallest absolute Gasteiger partial charge is 0.305 e. The van der Waals surface area contributed by atoms with Gasteiger partial charge in [0.25, 0.3) is 0 Å². The monoisotopic (exact) mass is 268 g/mol. The van der Waals surface area contributed by atoms with Gasteiger partial charge in [-0.2, -0.15) is 0 Å². The zero-order chi connectivity index (χ0) is 14.1. The van der Waals surface area contributed by atoms with Crippen LogP contribution < -0.4 is 0 Å². The van der Waals surface area contributed by atoms with Crippen molar-refractivity contribution in [3.8, 4) is 0 Å². The number of hydrogen-bond donors (Lipinski definition) is 2. The average Bonchev–Trinajstić information content (AvgIpc) is 2.39. The first-order valence-electron chi connectivity index (χ1n) is 6.17. The van der Waals surface area contributed by atoms with Gasteiger partial charge in [-0.05, 0) is 12.0 Å². The molecule has 0 aliphatic heterocycles. The van der Waals surface area contributed by atoms with E-state index in [4.69, 9.17) is 4.74 Å². The molecule has 0 aliphatic carbocycles. The van der Waals surface area contributed by atoms with Crippen molar-refractivity contribution >= 4 is 5.97 Å². The van der Waals surface area contributed by atoms with E-state index in [1.807, 2.05) is 30.3 Å². The molecule has 0 radical (unpaired) electrons. The molecule has 0 bridgehead atoms. The van der Waals surface area contributed by atoms with Crippen LogP contribution >= 0.6 is 0 Å². The van der Waals surface area contributed by atoms with Crippen molar-refractivity contribution in [1.29, 1.82) is 0 Å².